The summed E-state index contributed by atoms with van der Waals surface area (Å²) in [5.74, 6) is 1.54. The Morgan fingerprint density at radius 1 is 1.13 bits per heavy atom. The molecule has 0 saturated carbocycles. The standard InChI is InChI=1S/C16H14ClN5O/c1-9-21-22-15(23-9)12-7-18-16(19-8-12)20-14-5-10-2-3-13(17)4-11(10)6-14/h2-4,7-8,14H,5-6H2,1H3,(H,18,19,20). The van der Waals surface area contributed by atoms with Gasteiger partial charge < -0.3 is 9.73 Å². The Balaban J connectivity index is 1.46. The topological polar surface area (TPSA) is 76.7 Å². The van der Waals surface area contributed by atoms with Crippen molar-refractivity contribution < 1.29 is 4.42 Å². The van der Waals surface area contributed by atoms with E-state index in [0.717, 1.165) is 17.9 Å². The van der Waals surface area contributed by atoms with Crippen LogP contribution in [-0.4, -0.2) is 26.2 Å². The third-order valence-corrected chi connectivity index (χ3v) is 4.09. The first-order valence-electron chi connectivity index (χ1n) is 7.34. The molecule has 0 spiro atoms. The molecule has 23 heavy (non-hydrogen) atoms. The molecule has 0 aliphatic heterocycles. The molecule has 1 unspecified atom stereocenters. The highest BCUT2D eigenvalue weighted by molar-refractivity contribution is 6.30. The third kappa shape index (κ3) is 2.90. The number of rotatable bonds is 3. The molecular formula is C16H14ClN5O. The summed E-state index contributed by atoms with van der Waals surface area (Å²) in [4.78, 5) is 8.66. The molecule has 1 atom stereocenters. The van der Waals surface area contributed by atoms with Crippen molar-refractivity contribution in [3.63, 3.8) is 0 Å². The van der Waals surface area contributed by atoms with E-state index in [9.17, 15) is 0 Å². The van der Waals surface area contributed by atoms with Crippen LogP contribution in [0.4, 0.5) is 5.95 Å². The zero-order chi connectivity index (χ0) is 15.8. The summed E-state index contributed by atoms with van der Waals surface area (Å²) in [6.07, 6.45) is 5.23. The normalized spacial score (nSPS) is 16.3. The van der Waals surface area contributed by atoms with Crippen LogP contribution in [0.15, 0.2) is 35.0 Å². The molecule has 0 bridgehead atoms. The number of halogens is 1. The van der Waals surface area contributed by atoms with Crippen LogP contribution in [0.2, 0.25) is 5.02 Å². The average molecular weight is 328 g/mol. The number of benzene rings is 1. The van der Waals surface area contributed by atoms with Crippen molar-refractivity contribution >= 4 is 17.5 Å². The van der Waals surface area contributed by atoms with Gasteiger partial charge in [-0.15, -0.1) is 10.2 Å². The van der Waals surface area contributed by atoms with E-state index in [2.05, 4.69) is 31.5 Å². The van der Waals surface area contributed by atoms with E-state index in [1.54, 1.807) is 19.3 Å². The van der Waals surface area contributed by atoms with Crippen molar-refractivity contribution in [2.75, 3.05) is 5.32 Å². The largest absolute Gasteiger partial charge is 0.421 e. The number of aryl methyl sites for hydroxylation is 1. The fourth-order valence-corrected chi connectivity index (χ4v) is 2.99. The van der Waals surface area contributed by atoms with Gasteiger partial charge in [-0.2, -0.15) is 0 Å². The first-order valence-corrected chi connectivity index (χ1v) is 7.71. The SMILES string of the molecule is Cc1nnc(-c2cnc(NC3Cc4ccc(Cl)cc4C3)nc2)o1. The minimum absolute atomic E-state index is 0.278. The lowest BCUT2D eigenvalue weighted by Crippen LogP contribution is -2.20. The summed E-state index contributed by atoms with van der Waals surface area (Å²) >= 11 is 6.04. The maximum atomic E-state index is 6.04. The molecule has 4 rings (SSSR count). The van der Waals surface area contributed by atoms with Gasteiger partial charge in [0, 0.05) is 30.4 Å². The highest BCUT2D eigenvalue weighted by atomic mass is 35.5. The van der Waals surface area contributed by atoms with Crippen molar-refractivity contribution in [2.45, 2.75) is 25.8 Å². The van der Waals surface area contributed by atoms with Crippen molar-refractivity contribution in [2.24, 2.45) is 0 Å². The van der Waals surface area contributed by atoms with E-state index in [-0.39, 0.29) is 6.04 Å². The Labute approximate surface area is 137 Å². The van der Waals surface area contributed by atoms with Crippen LogP contribution < -0.4 is 5.32 Å². The molecule has 7 heteroatoms. The van der Waals surface area contributed by atoms with Crippen LogP contribution in [-0.2, 0) is 12.8 Å². The monoisotopic (exact) mass is 327 g/mol. The van der Waals surface area contributed by atoms with Crippen molar-refractivity contribution in [3.8, 4) is 11.5 Å². The van der Waals surface area contributed by atoms with Gasteiger partial charge in [0.1, 0.15) is 0 Å². The number of anilines is 1. The summed E-state index contributed by atoms with van der Waals surface area (Å²) in [6.45, 7) is 1.75. The average Bonchev–Trinajstić information content (AvgIpc) is 3.13. The molecule has 1 aliphatic rings. The fraction of sp³-hybridized carbons (Fsp3) is 0.250. The molecular weight excluding hydrogens is 314 g/mol. The van der Waals surface area contributed by atoms with Crippen molar-refractivity contribution in [1.29, 1.82) is 0 Å². The highest BCUT2D eigenvalue weighted by Gasteiger charge is 2.22. The molecule has 0 radical (unpaired) electrons. The molecule has 2 aromatic heterocycles. The van der Waals surface area contributed by atoms with Crippen LogP contribution >= 0.6 is 11.6 Å². The van der Waals surface area contributed by atoms with E-state index >= 15 is 0 Å². The van der Waals surface area contributed by atoms with Crippen LogP contribution in [0.3, 0.4) is 0 Å². The second-order valence-electron chi connectivity index (χ2n) is 5.58. The van der Waals surface area contributed by atoms with E-state index in [1.807, 2.05) is 12.1 Å². The van der Waals surface area contributed by atoms with Gasteiger partial charge in [0.15, 0.2) is 0 Å². The second-order valence-corrected chi connectivity index (χ2v) is 6.02. The lowest BCUT2D eigenvalue weighted by Gasteiger charge is -2.11. The number of hydrogen-bond donors (Lipinski definition) is 1. The van der Waals surface area contributed by atoms with E-state index in [4.69, 9.17) is 16.0 Å². The molecule has 1 N–H and O–H groups in total. The lowest BCUT2D eigenvalue weighted by molar-refractivity contribution is 0.532. The molecule has 116 valence electrons. The molecule has 2 heterocycles. The summed E-state index contributed by atoms with van der Waals surface area (Å²) in [6, 6.07) is 6.32. The molecule has 1 aliphatic carbocycles. The number of aromatic nitrogens is 4. The minimum Gasteiger partial charge on any atom is -0.421 e. The fourth-order valence-electron chi connectivity index (χ4n) is 2.80. The first kappa shape index (κ1) is 14.1. The summed E-state index contributed by atoms with van der Waals surface area (Å²) in [5.41, 5.74) is 3.32. The number of nitrogens with zero attached hydrogens (tertiary/aromatic N) is 4. The van der Waals surface area contributed by atoms with Gasteiger partial charge >= 0.3 is 0 Å². The van der Waals surface area contributed by atoms with Crippen LogP contribution in [0.1, 0.15) is 17.0 Å². The Hall–Kier alpha value is -2.47. The Morgan fingerprint density at radius 2 is 1.91 bits per heavy atom. The van der Waals surface area contributed by atoms with Crippen LogP contribution in [0.25, 0.3) is 11.5 Å². The van der Waals surface area contributed by atoms with Gasteiger partial charge in [-0.3, -0.25) is 0 Å². The number of hydrogen-bond acceptors (Lipinski definition) is 6. The summed E-state index contributed by atoms with van der Waals surface area (Å²) in [5, 5.41) is 11.9. The maximum absolute atomic E-state index is 6.04. The maximum Gasteiger partial charge on any atom is 0.250 e. The molecule has 0 amide bonds. The predicted molar refractivity (Wildman–Crippen MR) is 86.3 cm³/mol. The van der Waals surface area contributed by atoms with Gasteiger partial charge in [0.25, 0.3) is 5.89 Å². The van der Waals surface area contributed by atoms with Gasteiger partial charge in [-0.05, 0) is 36.1 Å². The molecule has 6 nitrogen and oxygen atoms in total. The van der Waals surface area contributed by atoms with Crippen molar-refractivity contribution in [1.82, 2.24) is 20.2 Å². The molecule has 0 saturated heterocycles. The Kier molecular flexibility index (Phi) is 3.46. The number of nitrogens with one attached hydrogen (secondary N) is 1. The minimum atomic E-state index is 0.278. The quantitative estimate of drug-likeness (QED) is 0.796. The smallest absolute Gasteiger partial charge is 0.250 e. The molecule has 1 aromatic carbocycles. The summed E-state index contributed by atoms with van der Waals surface area (Å²) in [7, 11) is 0. The molecule has 3 aromatic rings. The zero-order valence-corrected chi connectivity index (χ0v) is 13.2. The van der Waals surface area contributed by atoms with Gasteiger partial charge in [0.2, 0.25) is 11.8 Å². The van der Waals surface area contributed by atoms with Gasteiger partial charge in [-0.1, -0.05) is 17.7 Å². The van der Waals surface area contributed by atoms with E-state index in [0.29, 0.717) is 23.3 Å². The Morgan fingerprint density at radius 3 is 2.65 bits per heavy atom. The second kappa shape index (κ2) is 5.62. The predicted octanol–water partition coefficient (Wildman–Crippen LogP) is 3.07. The third-order valence-electron chi connectivity index (χ3n) is 3.86. The highest BCUT2D eigenvalue weighted by Crippen LogP contribution is 2.26. The molecule has 0 fully saturated rings. The van der Waals surface area contributed by atoms with Crippen LogP contribution in [0, 0.1) is 6.92 Å². The van der Waals surface area contributed by atoms with E-state index in [1.165, 1.54) is 11.1 Å². The van der Waals surface area contributed by atoms with Gasteiger partial charge in [-0.25, -0.2) is 9.97 Å². The zero-order valence-electron chi connectivity index (χ0n) is 12.5. The van der Waals surface area contributed by atoms with Gasteiger partial charge in [0.05, 0.1) is 5.56 Å². The van der Waals surface area contributed by atoms with Crippen molar-refractivity contribution in [3.05, 3.63) is 52.6 Å². The lowest BCUT2D eigenvalue weighted by atomic mass is 10.1. The Bertz CT molecular complexity index is 846. The first-order chi connectivity index (χ1) is 11.2. The number of fused-ring (bicyclic) bond motifs is 1. The van der Waals surface area contributed by atoms with Crippen LogP contribution in [0.5, 0.6) is 0 Å². The van der Waals surface area contributed by atoms with E-state index < -0.39 is 0 Å². The summed E-state index contributed by atoms with van der Waals surface area (Å²) < 4.78 is 5.36.